The summed E-state index contributed by atoms with van der Waals surface area (Å²) in [6, 6.07) is 11.4. The molecule has 0 amide bonds. The lowest BCUT2D eigenvalue weighted by Gasteiger charge is -2.30. The van der Waals surface area contributed by atoms with E-state index >= 15 is 0 Å². The Morgan fingerprint density at radius 1 is 1.10 bits per heavy atom. The maximum Gasteiger partial charge on any atom is 0.416 e. The molecule has 3 aromatic rings. The lowest BCUT2D eigenvalue weighted by atomic mass is 10.0. The van der Waals surface area contributed by atoms with Crippen LogP contribution in [0.1, 0.15) is 29.8 Å². The predicted octanol–water partition coefficient (Wildman–Crippen LogP) is 4.73. The van der Waals surface area contributed by atoms with E-state index in [1.807, 2.05) is 26.0 Å². The second-order valence-electron chi connectivity index (χ2n) is 8.00. The molecule has 0 radical (unpaired) electrons. The smallest absolute Gasteiger partial charge is 0.399 e. The van der Waals surface area contributed by atoms with Crippen molar-refractivity contribution in [1.82, 2.24) is 10.3 Å². The molecule has 4 N–H and O–H groups in total. The average molecular weight is 429 g/mol. The second-order valence-corrected chi connectivity index (χ2v) is 8.00. The molecule has 4 rings (SSSR count). The maximum absolute atomic E-state index is 13.2. The van der Waals surface area contributed by atoms with E-state index in [1.165, 1.54) is 0 Å². The molecule has 2 aromatic carbocycles. The zero-order chi connectivity index (χ0) is 22.2. The van der Waals surface area contributed by atoms with Crippen LogP contribution in [0.2, 0.25) is 0 Å². The summed E-state index contributed by atoms with van der Waals surface area (Å²) in [4.78, 5) is 6.94. The Morgan fingerprint density at radius 3 is 2.55 bits per heavy atom. The molecule has 2 heterocycles. The van der Waals surface area contributed by atoms with Gasteiger partial charge in [0.1, 0.15) is 0 Å². The Balaban J connectivity index is 1.69. The molecule has 1 aliphatic heterocycles. The highest BCUT2D eigenvalue weighted by molar-refractivity contribution is 5.94. The van der Waals surface area contributed by atoms with Crippen LogP contribution in [-0.4, -0.2) is 31.2 Å². The van der Waals surface area contributed by atoms with Gasteiger partial charge in [0.15, 0.2) is 0 Å². The molecule has 1 atom stereocenters. The van der Waals surface area contributed by atoms with Gasteiger partial charge in [0.2, 0.25) is 0 Å². The SMILES string of the molecule is Cc1cc(NC(C)c2cc(N)cc(C(F)(F)F)c2)c2cc(N3CCNCC3)ccc2n1. The van der Waals surface area contributed by atoms with Crippen molar-refractivity contribution in [2.24, 2.45) is 0 Å². The fourth-order valence-corrected chi connectivity index (χ4v) is 3.99. The van der Waals surface area contributed by atoms with E-state index in [0.29, 0.717) is 5.56 Å². The summed E-state index contributed by atoms with van der Waals surface area (Å²) < 4.78 is 39.7. The van der Waals surface area contributed by atoms with Crippen LogP contribution in [0.25, 0.3) is 10.9 Å². The van der Waals surface area contributed by atoms with Crippen LogP contribution in [0.4, 0.5) is 30.2 Å². The third-order valence-corrected chi connectivity index (χ3v) is 5.58. The van der Waals surface area contributed by atoms with Crippen molar-refractivity contribution in [3.05, 3.63) is 59.3 Å². The van der Waals surface area contributed by atoms with Crippen molar-refractivity contribution >= 4 is 28.0 Å². The number of nitrogens with one attached hydrogen (secondary N) is 2. The second kappa shape index (κ2) is 8.26. The van der Waals surface area contributed by atoms with Crippen molar-refractivity contribution in [3.63, 3.8) is 0 Å². The van der Waals surface area contributed by atoms with Gasteiger partial charge in [0, 0.05) is 60.4 Å². The molecule has 0 aliphatic carbocycles. The first-order valence-electron chi connectivity index (χ1n) is 10.3. The minimum absolute atomic E-state index is 0.0928. The molecular weight excluding hydrogens is 403 g/mol. The van der Waals surface area contributed by atoms with Gasteiger partial charge in [-0.2, -0.15) is 13.2 Å². The molecule has 31 heavy (non-hydrogen) atoms. The van der Waals surface area contributed by atoms with Crippen LogP contribution in [0.5, 0.6) is 0 Å². The molecule has 0 bridgehead atoms. The molecule has 0 spiro atoms. The van der Waals surface area contributed by atoms with Gasteiger partial charge in [0.05, 0.1) is 11.1 Å². The molecule has 1 aliphatic rings. The number of pyridine rings is 1. The zero-order valence-electron chi connectivity index (χ0n) is 17.6. The number of alkyl halides is 3. The van der Waals surface area contributed by atoms with E-state index in [4.69, 9.17) is 5.73 Å². The highest BCUT2D eigenvalue weighted by Gasteiger charge is 2.31. The predicted molar refractivity (Wildman–Crippen MR) is 119 cm³/mol. The van der Waals surface area contributed by atoms with E-state index in [-0.39, 0.29) is 11.7 Å². The number of hydrogen-bond acceptors (Lipinski definition) is 5. The molecular formula is C23H26F3N5. The molecule has 0 saturated carbocycles. The first kappa shape index (κ1) is 21.2. The average Bonchev–Trinajstić information content (AvgIpc) is 2.73. The van der Waals surface area contributed by atoms with Crippen molar-refractivity contribution in [3.8, 4) is 0 Å². The lowest BCUT2D eigenvalue weighted by Crippen LogP contribution is -2.43. The molecule has 1 unspecified atom stereocenters. The first-order chi connectivity index (χ1) is 14.7. The monoisotopic (exact) mass is 429 g/mol. The highest BCUT2D eigenvalue weighted by atomic mass is 19.4. The summed E-state index contributed by atoms with van der Waals surface area (Å²) >= 11 is 0. The summed E-state index contributed by atoms with van der Waals surface area (Å²) in [6.45, 7) is 7.45. The Bertz CT molecular complexity index is 1090. The van der Waals surface area contributed by atoms with Gasteiger partial charge in [0.25, 0.3) is 0 Å². The number of nitrogens with two attached hydrogens (primary N) is 1. The molecule has 8 heteroatoms. The largest absolute Gasteiger partial charge is 0.416 e. The highest BCUT2D eigenvalue weighted by Crippen LogP contribution is 2.35. The number of fused-ring (bicyclic) bond motifs is 1. The van der Waals surface area contributed by atoms with E-state index in [2.05, 4.69) is 32.7 Å². The third-order valence-electron chi connectivity index (χ3n) is 5.58. The number of anilines is 3. The number of rotatable bonds is 4. The number of nitrogens with zero attached hydrogens (tertiary/aromatic N) is 2. The number of aromatic nitrogens is 1. The Morgan fingerprint density at radius 2 is 1.84 bits per heavy atom. The molecule has 5 nitrogen and oxygen atoms in total. The summed E-state index contributed by atoms with van der Waals surface area (Å²) in [5.74, 6) is 0. The van der Waals surface area contributed by atoms with Gasteiger partial charge < -0.3 is 21.3 Å². The van der Waals surface area contributed by atoms with Crippen LogP contribution < -0.4 is 21.3 Å². The van der Waals surface area contributed by atoms with Crippen molar-refractivity contribution in [2.75, 3.05) is 42.1 Å². The number of hydrogen-bond donors (Lipinski definition) is 3. The van der Waals surface area contributed by atoms with E-state index in [1.54, 1.807) is 6.07 Å². The fourth-order valence-electron chi connectivity index (χ4n) is 3.99. The Hall–Kier alpha value is -3.00. The third kappa shape index (κ3) is 4.69. The van der Waals surface area contributed by atoms with E-state index in [0.717, 1.165) is 66.3 Å². The number of aryl methyl sites for hydroxylation is 1. The molecule has 1 fully saturated rings. The Kier molecular flexibility index (Phi) is 5.66. The van der Waals surface area contributed by atoms with Crippen LogP contribution >= 0.6 is 0 Å². The van der Waals surface area contributed by atoms with Crippen LogP contribution in [-0.2, 0) is 6.18 Å². The van der Waals surface area contributed by atoms with E-state index in [9.17, 15) is 13.2 Å². The maximum atomic E-state index is 13.2. The van der Waals surface area contributed by atoms with Crippen molar-refractivity contribution in [1.29, 1.82) is 0 Å². The lowest BCUT2D eigenvalue weighted by molar-refractivity contribution is -0.137. The van der Waals surface area contributed by atoms with Crippen molar-refractivity contribution < 1.29 is 13.2 Å². The molecule has 1 aromatic heterocycles. The van der Waals surface area contributed by atoms with Gasteiger partial charge in [-0.15, -0.1) is 0 Å². The number of piperazine rings is 1. The zero-order valence-corrected chi connectivity index (χ0v) is 17.6. The van der Waals surface area contributed by atoms with Crippen LogP contribution in [0.15, 0.2) is 42.5 Å². The summed E-state index contributed by atoms with van der Waals surface area (Å²) in [7, 11) is 0. The van der Waals surface area contributed by atoms with Gasteiger partial charge in [-0.3, -0.25) is 4.98 Å². The summed E-state index contributed by atoms with van der Waals surface area (Å²) in [6.07, 6.45) is -4.44. The Labute approximate surface area is 179 Å². The normalized spacial score (nSPS) is 15.8. The minimum atomic E-state index is -4.44. The number of halogens is 3. The summed E-state index contributed by atoms with van der Waals surface area (Å²) in [5.41, 5.74) is 9.21. The fraction of sp³-hybridized carbons (Fsp3) is 0.348. The summed E-state index contributed by atoms with van der Waals surface area (Å²) in [5, 5.41) is 7.67. The van der Waals surface area contributed by atoms with Crippen LogP contribution in [0, 0.1) is 6.92 Å². The number of benzene rings is 2. The van der Waals surface area contributed by atoms with Gasteiger partial charge in [-0.05, 0) is 61.9 Å². The molecule has 164 valence electrons. The first-order valence-corrected chi connectivity index (χ1v) is 10.3. The van der Waals surface area contributed by atoms with Gasteiger partial charge in [-0.1, -0.05) is 0 Å². The van der Waals surface area contributed by atoms with Crippen LogP contribution in [0.3, 0.4) is 0 Å². The topological polar surface area (TPSA) is 66.2 Å². The van der Waals surface area contributed by atoms with E-state index < -0.39 is 11.7 Å². The van der Waals surface area contributed by atoms with Gasteiger partial charge >= 0.3 is 6.18 Å². The quantitative estimate of drug-likeness (QED) is 0.524. The van der Waals surface area contributed by atoms with Crippen molar-refractivity contribution in [2.45, 2.75) is 26.1 Å². The number of nitrogen functional groups attached to an aromatic ring is 1. The molecule has 1 saturated heterocycles. The van der Waals surface area contributed by atoms with Gasteiger partial charge in [-0.25, -0.2) is 0 Å². The standard InChI is InChI=1S/C23H26F3N5/c1-14-9-22(30-15(2)16-10-17(23(24,25)26)12-18(27)11-16)20-13-19(3-4-21(20)29-14)31-7-5-28-6-8-31/h3-4,9-13,15,28H,5-8,27H2,1-2H3,(H,29,30). The minimum Gasteiger partial charge on any atom is -0.399 e.